The van der Waals surface area contributed by atoms with Crippen LogP contribution in [0.25, 0.3) is 22.4 Å². The molecule has 2 heterocycles. The number of nitro groups is 1. The molecule has 0 aliphatic rings. The van der Waals surface area contributed by atoms with E-state index in [4.69, 9.17) is 9.15 Å². The van der Waals surface area contributed by atoms with Crippen LogP contribution in [0.3, 0.4) is 0 Å². The Labute approximate surface area is 206 Å². The minimum Gasteiger partial charge on any atom is -0.494 e. The number of hydrogen-bond donors (Lipinski definition) is 1. The van der Waals surface area contributed by atoms with Crippen molar-refractivity contribution < 1.29 is 18.5 Å². The lowest BCUT2D eigenvalue weighted by Crippen LogP contribution is -2.28. The molecule has 0 unspecified atom stereocenters. The summed E-state index contributed by atoms with van der Waals surface area (Å²) < 4.78 is 25.5. The number of nitrogens with one attached hydrogen (secondary N) is 1. The van der Waals surface area contributed by atoms with Crippen molar-refractivity contribution in [2.24, 2.45) is 0 Å². The number of nitrogens with zero attached hydrogens (tertiary/aromatic N) is 6. The quantitative estimate of drug-likeness (QED) is 0.264. The number of nitro benzene ring substituents is 1. The van der Waals surface area contributed by atoms with Crippen molar-refractivity contribution in [2.75, 3.05) is 51.6 Å². The maximum atomic E-state index is 14.5. The average molecular weight is 496 g/mol. The number of rotatable bonds is 9. The summed E-state index contributed by atoms with van der Waals surface area (Å²) >= 11 is 0. The van der Waals surface area contributed by atoms with Crippen LogP contribution in [0.4, 0.5) is 27.4 Å². The van der Waals surface area contributed by atoms with Gasteiger partial charge in [0.25, 0.3) is 5.69 Å². The molecule has 0 amide bonds. The standard InChI is InChI=1S/C24H26FN7O4/c1-14-27-23-16(25)10-15(11-22(23)36-14)17-6-7-26-24(28-17)29-18-12-20(32(33)34)19(13-21(18)35-5)31(4)9-8-30(2)3/h6-7,10-13H,8-9H2,1-5H3,(H,26,28,29). The van der Waals surface area contributed by atoms with E-state index in [0.717, 1.165) is 6.54 Å². The first-order valence-corrected chi connectivity index (χ1v) is 11.1. The van der Waals surface area contributed by atoms with E-state index < -0.39 is 10.7 Å². The molecule has 0 aliphatic heterocycles. The number of oxazole rings is 1. The SMILES string of the molecule is COc1cc(N(C)CCN(C)C)c([N+](=O)[O-])cc1Nc1nccc(-c2cc(F)c3nc(C)oc3c2)n1. The first kappa shape index (κ1) is 24.8. The summed E-state index contributed by atoms with van der Waals surface area (Å²) in [6, 6.07) is 7.58. The molecule has 11 nitrogen and oxygen atoms in total. The third-order valence-corrected chi connectivity index (χ3v) is 5.54. The van der Waals surface area contributed by atoms with Gasteiger partial charge in [-0.05, 0) is 32.3 Å². The molecule has 1 N–H and O–H groups in total. The molecular formula is C24H26FN7O4. The average Bonchev–Trinajstić information content (AvgIpc) is 3.23. The molecule has 0 fully saturated rings. The minimum absolute atomic E-state index is 0.0936. The summed E-state index contributed by atoms with van der Waals surface area (Å²) in [5, 5.41) is 14.9. The van der Waals surface area contributed by atoms with Crippen molar-refractivity contribution in [3.63, 3.8) is 0 Å². The largest absolute Gasteiger partial charge is 0.494 e. The van der Waals surface area contributed by atoms with Gasteiger partial charge in [-0.1, -0.05) is 0 Å². The summed E-state index contributed by atoms with van der Waals surface area (Å²) in [7, 11) is 7.13. The Morgan fingerprint density at radius 1 is 1.17 bits per heavy atom. The van der Waals surface area contributed by atoms with Crippen molar-refractivity contribution >= 4 is 34.1 Å². The first-order valence-electron chi connectivity index (χ1n) is 11.1. The molecule has 0 saturated carbocycles. The van der Waals surface area contributed by atoms with Gasteiger partial charge in [-0.25, -0.2) is 19.3 Å². The van der Waals surface area contributed by atoms with Crippen LogP contribution in [0.5, 0.6) is 5.75 Å². The van der Waals surface area contributed by atoms with Crippen molar-refractivity contribution in [1.82, 2.24) is 19.9 Å². The number of ether oxygens (including phenoxy) is 1. The maximum absolute atomic E-state index is 14.5. The van der Waals surface area contributed by atoms with E-state index in [2.05, 4.69) is 20.3 Å². The van der Waals surface area contributed by atoms with Crippen LogP contribution in [0.1, 0.15) is 5.89 Å². The molecule has 4 aromatic rings. The van der Waals surface area contributed by atoms with Gasteiger partial charge < -0.3 is 24.3 Å². The maximum Gasteiger partial charge on any atom is 0.294 e. The highest BCUT2D eigenvalue weighted by atomic mass is 19.1. The predicted molar refractivity (Wildman–Crippen MR) is 134 cm³/mol. The number of fused-ring (bicyclic) bond motifs is 1. The van der Waals surface area contributed by atoms with E-state index in [1.165, 1.54) is 25.4 Å². The van der Waals surface area contributed by atoms with Crippen LogP contribution in [0.15, 0.2) is 40.9 Å². The smallest absolute Gasteiger partial charge is 0.294 e. The van der Waals surface area contributed by atoms with Crippen molar-refractivity contribution in [3.8, 4) is 17.0 Å². The molecule has 0 bridgehead atoms. The fraction of sp³-hybridized carbons (Fsp3) is 0.292. The van der Waals surface area contributed by atoms with E-state index >= 15 is 0 Å². The summed E-state index contributed by atoms with van der Waals surface area (Å²) in [5.74, 6) is 0.364. The van der Waals surface area contributed by atoms with Crippen LogP contribution in [0.2, 0.25) is 0 Å². The lowest BCUT2D eigenvalue weighted by molar-refractivity contribution is -0.384. The van der Waals surface area contributed by atoms with Crippen LogP contribution < -0.4 is 15.0 Å². The van der Waals surface area contributed by atoms with E-state index in [1.54, 1.807) is 37.1 Å². The van der Waals surface area contributed by atoms with E-state index in [9.17, 15) is 14.5 Å². The molecule has 0 atom stereocenters. The number of halogens is 1. The second kappa shape index (κ2) is 10.1. The van der Waals surface area contributed by atoms with Gasteiger partial charge in [0.1, 0.15) is 17.0 Å². The number of methoxy groups -OCH3 is 1. The fourth-order valence-electron chi connectivity index (χ4n) is 3.69. The van der Waals surface area contributed by atoms with E-state index in [0.29, 0.717) is 46.4 Å². The number of hydrogen-bond acceptors (Lipinski definition) is 10. The van der Waals surface area contributed by atoms with Crippen molar-refractivity contribution in [1.29, 1.82) is 0 Å². The number of anilines is 3. The molecular weight excluding hydrogens is 469 g/mol. The second-order valence-electron chi connectivity index (χ2n) is 8.45. The lowest BCUT2D eigenvalue weighted by atomic mass is 10.1. The zero-order valence-electron chi connectivity index (χ0n) is 20.6. The molecule has 2 aromatic carbocycles. The Balaban J connectivity index is 1.68. The van der Waals surface area contributed by atoms with Crippen molar-refractivity contribution in [2.45, 2.75) is 6.92 Å². The normalized spacial score (nSPS) is 11.2. The predicted octanol–water partition coefficient (Wildman–Crippen LogP) is 4.39. The van der Waals surface area contributed by atoms with Gasteiger partial charge in [-0.15, -0.1) is 0 Å². The summed E-state index contributed by atoms with van der Waals surface area (Å²) in [6.45, 7) is 2.95. The highest BCUT2D eigenvalue weighted by Gasteiger charge is 2.22. The third kappa shape index (κ3) is 5.18. The highest BCUT2D eigenvalue weighted by Crippen LogP contribution is 2.39. The Hall–Kier alpha value is -4.32. The van der Waals surface area contributed by atoms with E-state index in [-0.39, 0.29) is 17.2 Å². The Kier molecular flexibility index (Phi) is 6.97. The van der Waals surface area contributed by atoms with Crippen molar-refractivity contribution in [3.05, 3.63) is 58.4 Å². The third-order valence-electron chi connectivity index (χ3n) is 5.54. The summed E-state index contributed by atoms with van der Waals surface area (Å²) in [4.78, 5) is 27.9. The van der Waals surface area contributed by atoms with Crippen LogP contribution in [0, 0.1) is 22.9 Å². The number of aromatic nitrogens is 3. The zero-order valence-corrected chi connectivity index (χ0v) is 20.6. The van der Waals surface area contributed by atoms with Crippen LogP contribution in [-0.4, -0.2) is 66.1 Å². The van der Waals surface area contributed by atoms with Gasteiger partial charge in [0.05, 0.1) is 23.4 Å². The van der Waals surface area contributed by atoms with Gasteiger partial charge in [0.2, 0.25) is 5.95 Å². The lowest BCUT2D eigenvalue weighted by Gasteiger charge is -2.22. The molecule has 0 saturated heterocycles. The molecule has 4 rings (SSSR count). The van der Waals surface area contributed by atoms with Crippen LogP contribution in [-0.2, 0) is 0 Å². The van der Waals surface area contributed by atoms with Gasteiger partial charge in [0, 0.05) is 51.0 Å². The van der Waals surface area contributed by atoms with E-state index in [1.807, 2.05) is 19.0 Å². The molecule has 12 heteroatoms. The molecule has 0 spiro atoms. The van der Waals surface area contributed by atoms with Gasteiger partial charge >= 0.3 is 0 Å². The Morgan fingerprint density at radius 2 is 1.94 bits per heavy atom. The fourth-order valence-corrected chi connectivity index (χ4v) is 3.69. The first-order chi connectivity index (χ1) is 17.2. The van der Waals surface area contributed by atoms with Gasteiger partial charge in [0.15, 0.2) is 17.3 Å². The van der Waals surface area contributed by atoms with Gasteiger partial charge in [-0.3, -0.25) is 10.1 Å². The van der Waals surface area contributed by atoms with Gasteiger partial charge in [-0.2, -0.15) is 0 Å². The molecule has 0 aliphatic carbocycles. The summed E-state index contributed by atoms with van der Waals surface area (Å²) in [6.07, 6.45) is 1.50. The molecule has 2 aromatic heterocycles. The molecule has 188 valence electrons. The Morgan fingerprint density at radius 3 is 2.64 bits per heavy atom. The highest BCUT2D eigenvalue weighted by molar-refractivity contribution is 5.81. The number of aryl methyl sites for hydroxylation is 1. The summed E-state index contributed by atoms with van der Waals surface area (Å²) in [5.41, 5.74) is 2.00. The Bertz CT molecular complexity index is 1420. The van der Waals surface area contributed by atoms with Crippen LogP contribution >= 0.6 is 0 Å². The molecule has 0 radical (unpaired) electrons. The second-order valence-corrected chi connectivity index (χ2v) is 8.45. The topological polar surface area (TPSA) is 123 Å². The minimum atomic E-state index is -0.529. The zero-order chi connectivity index (χ0) is 26.0. The number of benzene rings is 2. The monoisotopic (exact) mass is 495 g/mol. The number of likely N-dealkylation sites (N-methyl/N-ethyl adjacent to an activating group) is 2. The molecule has 36 heavy (non-hydrogen) atoms.